The molecule has 2 aromatic carbocycles. The van der Waals surface area contributed by atoms with Gasteiger partial charge in [-0.2, -0.15) is 5.10 Å². The molecule has 0 aliphatic rings. The summed E-state index contributed by atoms with van der Waals surface area (Å²) in [4.78, 5) is 0. The quantitative estimate of drug-likeness (QED) is 0.386. The van der Waals surface area contributed by atoms with Crippen LogP contribution in [0.1, 0.15) is 5.56 Å². The number of nitrogens with zero attached hydrogens (tertiary/aromatic N) is 1. The highest BCUT2D eigenvalue weighted by Crippen LogP contribution is 2.15. The standard InChI is InChI=1S/C17H15N3OS/c1-2-12-21-16-11-7-6-8-14(16)13-18-20-17(22)19-15-9-4-3-5-10-15/h1,3-11,13H,12H2,(H2,19,20,22)/b18-13-. The summed E-state index contributed by atoms with van der Waals surface area (Å²) in [6.07, 6.45) is 6.82. The molecule has 0 bridgehead atoms. The number of ether oxygens (including phenoxy) is 1. The number of anilines is 1. The van der Waals surface area contributed by atoms with Crippen LogP contribution < -0.4 is 15.5 Å². The maximum atomic E-state index is 5.44. The van der Waals surface area contributed by atoms with E-state index in [-0.39, 0.29) is 6.61 Å². The Labute approximate surface area is 135 Å². The van der Waals surface area contributed by atoms with Crippen molar-refractivity contribution >= 4 is 29.2 Å². The van der Waals surface area contributed by atoms with Crippen molar-refractivity contribution < 1.29 is 4.74 Å². The van der Waals surface area contributed by atoms with Crippen molar-refractivity contribution in [1.29, 1.82) is 0 Å². The third kappa shape index (κ3) is 4.93. The Kier molecular flexibility index (Phi) is 5.97. The fraction of sp³-hybridized carbons (Fsp3) is 0.0588. The monoisotopic (exact) mass is 309 g/mol. The SMILES string of the molecule is C#CCOc1ccccc1/C=N\NC(=S)Nc1ccccc1. The molecule has 0 saturated carbocycles. The second-order valence-corrected chi connectivity index (χ2v) is 4.63. The Bertz CT molecular complexity index is 693. The number of para-hydroxylation sites is 2. The highest BCUT2D eigenvalue weighted by Gasteiger charge is 1.99. The van der Waals surface area contributed by atoms with E-state index >= 15 is 0 Å². The maximum absolute atomic E-state index is 5.44. The minimum absolute atomic E-state index is 0.215. The zero-order valence-corrected chi connectivity index (χ0v) is 12.6. The summed E-state index contributed by atoms with van der Waals surface area (Å²) >= 11 is 5.16. The molecule has 2 aromatic rings. The van der Waals surface area contributed by atoms with E-state index in [4.69, 9.17) is 23.4 Å². The summed E-state index contributed by atoms with van der Waals surface area (Å²) in [6.45, 7) is 0.215. The molecule has 0 radical (unpaired) electrons. The van der Waals surface area contributed by atoms with E-state index in [9.17, 15) is 0 Å². The summed E-state index contributed by atoms with van der Waals surface area (Å²) in [5, 5.41) is 7.53. The molecule has 0 aromatic heterocycles. The van der Waals surface area contributed by atoms with Gasteiger partial charge in [0.25, 0.3) is 0 Å². The number of terminal acetylenes is 1. The molecule has 5 heteroatoms. The lowest BCUT2D eigenvalue weighted by molar-refractivity contribution is 0.370. The van der Waals surface area contributed by atoms with Crippen molar-refractivity contribution in [3.05, 3.63) is 60.2 Å². The lowest BCUT2D eigenvalue weighted by Gasteiger charge is -2.07. The zero-order valence-electron chi connectivity index (χ0n) is 11.8. The summed E-state index contributed by atoms with van der Waals surface area (Å²) in [5.41, 5.74) is 4.47. The van der Waals surface area contributed by atoms with Crippen molar-refractivity contribution in [2.24, 2.45) is 5.10 Å². The third-order valence-electron chi connectivity index (χ3n) is 2.63. The number of nitrogens with one attached hydrogen (secondary N) is 2. The molecule has 0 spiro atoms. The van der Waals surface area contributed by atoms with Gasteiger partial charge < -0.3 is 10.1 Å². The van der Waals surface area contributed by atoms with Gasteiger partial charge >= 0.3 is 0 Å². The van der Waals surface area contributed by atoms with Crippen LogP contribution in [0.5, 0.6) is 5.75 Å². The van der Waals surface area contributed by atoms with Crippen LogP contribution in [-0.2, 0) is 0 Å². The molecular weight excluding hydrogens is 294 g/mol. The first-order valence-corrected chi connectivity index (χ1v) is 7.01. The zero-order chi connectivity index (χ0) is 15.6. The maximum Gasteiger partial charge on any atom is 0.191 e. The highest BCUT2D eigenvalue weighted by molar-refractivity contribution is 7.80. The van der Waals surface area contributed by atoms with Crippen molar-refractivity contribution in [3.63, 3.8) is 0 Å². The Morgan fingerprint density at radius 3 is 2.68 bits per heavy atom. The normalized spacial score (nSPS) is 9.95. The third-order valence-corrected chi connectivity index (χ3v) is 2.82. The molecule has 0 aliphatic heterocycles. The highest BCUT2D eigenvalue weighted by atomic mass is 32.1. The first-order chi connectivity index (χ1) is 10.8. The summed E-state index contributed by atoms with van der Waals surface area (Å²) in [7, 11) is 0. The molecule has 0 aliphatic carbocycles. The van der Waals surface area contributed by atoms with Crippen LogP contribution in [0.25, 0.3) is 0 Å². The van der Waals surface area contributed by atoms with E-state index in [1.54, 1.807) is 6.21 Å². The molecule has 22 heavy (non-hydrogen) atoms. The number of hydrazone groups is 1. The average Bonchev–Trinajstić information content (AvgIpc) is 2.55. The van der Waals surface area contributed by atoms with E-state index in [1.807, 2.05) is 54.6 Å². The van der Waals surface area contributed by atoms with Crippen LogP contribution in [0.2, 0.25) is 0 Å². The predicted octanol–water partition coefficient (Wildman–Crippen LogP) is 3.02. The van der Waals surface area contributed by atoms with Gasteiger partial charge in [-0.3, -0.25) is 5.43 Å². The minimum Gasteiger partial charge on any atom is -0.480 e. The molecular formula is C17H15N3OS. The Morgan fingerprint density at radius 2 is 1.91 bits per heavy atom. The first-order valence-electron chi connectivity index (χ1n) is 6.60. The van der Waals surface area contributed by atoms with Crippen LogP contribution in [0.3, 0.4) is 0 Å². The summed E-state index contributed by atoms with van der Waals surface area (Å²) in [6, 6.07) is 17.1. The van der Waals surface area contributed by atoms with Crippen LogP contribution in [-0.4, -0.2) is 17.9 Å². The van der Waals surface area contributed by atoms with Crippen LogP contribution in [0.15, 0.2) is 59.7 Å². The van der Waals surface area contributed by atoms with Gasteiger partial charge in [0.05, 0.1) is 6.21 Å². The van der Waals surface area contributed by atoms with Gasteiger partial charge in [-0.1, -0.05) is 36.3 Å². The fourth-order valence-corrected chi connectivity index (χ4v) is 1.85. The number of benzene rings is 2. The molecule has 0 atom stereocenters. The van der Waals surface area contributed by atoms with Gasteiger partial charge in [0.2, 0.25) is 0 Å². The molecule has 2 N–H and O–H groups in total. The second-order valence-electron chi connectivity index (χ2n) is 4.22. The van der Waals surface area contributed by atoms with E-state index in [2.05, 4.69) is 21.8 Å². The smallest absolute Gasteiger partial charge is 0.191 e. The van der Waals surface area contributed by atoms with Gasteiger partial charge in [-0.15, -0.1) is 6.42 Å². The van der Waals surface area contributed by atoms with Crippen LogP contribution in [0, 0.1) is 12.3 Å². The van der Waals surface area contributed by atoms with Gasteiger partial charge in [-0.05, 0) is 36.5 Å². The van der Waals surface area contributed by atoms with E-state index in [0.717, 1.165) is 11.3 Å². The minimum atomic E-state index is 0.215. The van der Waals surface area contributed by atoms with Gasteiger partial charge in [0, 0.05) is 11.3 Å². The van der Waals surface area contributed by atoms with E-state index in [1.165, 1.54) is 0 Å². The molecule has 0 fully saturated rings. The molecule has 0 unspecified atom stereocenters. The Morgan fingerprint density at radius 1 is 1.18 bits per heavy atom. The summed E-state index contributed by atoms with van der Waals surface area (Å²) in [5.74, 6) is 3.11. The Balaban J connectivity index is 1.92. The molecule has 0 amide bonds. The Hall–Kier alpha value is -2.84. The number of hydrogen-bond donors (Lipinski definition) is 2. The van der Waals surface area contributed by atoms with Gasteiger partial charge in [0.15, 0.2) is 5.11 Å². The van der Waals surface area contributed by atoms with Crippen molar-refractivity contribution in [3.8, 4) is 18.1 Å². The lowest BCUT2D eigenvalue weighted by Crippen LogP contribution is -2.23. The van der Waals surface area contributed by atoms with Gasteiger partial charge in [0.1, 0.15) is 12.4 Å². The number of rotatable bonds is 5. The largest absolute Gasteiger partial charge is 0.480 e. The van der Waals surface area contributed by atoms with E-state index in [0.29, 0.717) is 10.9 Å². The molecule has 2 rings (SSSR count). The summed E-state index contributed by atoms with van der Waals surface area (Å²) < 4.78 is 5.44. The first kappa shape index (κ1) is 15.5. The fourth-order valence-electron chi connectivity index (χ4n) is 1.68. The van der Waals surface area contributed by atoms with Crippen molar-refractivity contribution in [2.45, 2.75) is 0 Å². The average molecular weight is 309 g/mol. The van der Waals surface area contributed by atoms with Crippen LogP contribution >= 0.6 is 12.2 Å². The second kappa shape index (κ2) is 8.45. The molecule has 110 valence electrons. The molecule has 0 saturated heterocycles. The molecule has 0 heterocycles. The van der Waals surface area contributed by atoms with E-state index < -0.39 is 0 Å². The van der Waals surface area contributed by atoms with Crippen molar-refractivity contribution in [1.82, 2.24) is 5.43 Å². The van der Waals surface area contributed by atoms with Crippen molar-refractivity contribution in [2.75, 3.05) is 11.9 Å². The van der Waals surface area contributed by atoms with Crippen LogP contribution in [0.4, 0.5) is 5.69 Å². The number of thiocarbonyl (C=S) groups is 1. The lowest BCUT2D eigenvalue weighted by atomic mass is 10.2. The molecule has 4 nitrogen and oxygen atoms in total. The van der Waals surface area contributed by atoms with Gasteiger partial charge in [-0.25, -0.2) is 0 Å². The topological polar surface area (TPSA) is 45.6 Å². The number of hydrogen-bond acceptors (Lipinski definition) is 3. The predicted molar refractivity (Wildman–Crippen MR) is 94.2 cm³/mol.